The summed E-state index contributed by atoms with van der Waals surface area (Å²) in [5.74, 6) is 1.38. The summed E-state index contributed by atoms with van der Waals surface area (Å²) in [5.41, 5.74) is 0.818. The summed E-state index contributed by atoms with van der Waals surface area (Å²) in [6, 6.07) is 7.39. The van der Waals surface area contributed by atoms with Crippen molar-refractivity contribution in [3.05, 3.63) is 35.2 Å². The van der Waals surface area contributed by atoms with Gasteiger partial charge in [-0.2, -0.15) is 0 Å². The van der Waals surface area contributed by atoms with Gasteiger partial charge in [0, 0.05) is 17.1 Å². The average molecular weight is 350 g/mol. The molecule has 3 unspecified atom stereocenters. The van der Waals surface area contributed by atoms with Crippen LogP contribution < -0.4 is 0 Å². The normalized spacial score (nSPS) is 22.7. The standard InChI is InChI=1S/C18H24ClN3O2/c1-12(22(2)11-14-6-3-4-9-16(14)23)17-20-21-18(24-17)13-7-5-8-15(19)10-13/h5,7-8,10,12,14,16,23H,3-4,6,9,11H2,1-2H3. The molecule has 0 aliphatic heterocycles. The number of aliphatic hydroxyl groups is 1. The molecule has 0 spiro atoms. The quantitative estimate of drug-likeness (QED) is 0.886. The number of aromatic nitrogens is 2. The Morgan fingerprint density at radius 2 is 2.12 bits per heavy atom. The summed E-state index contributed by atoms with van der Waals surface area (Å²) in [4.78, 5) is 2.18. The van der Waals surface area contributed by atoms with Gasteiger partial charge in [-0.05, 0) is 50.9 Å². The zero-order chi connectivity index (χ0) is 17.1. The molecule has 6 heteroatoms. The Balaban J connectivity index is 1.67. The number of benzene rings is 1. The van der Waals surface area contributed by atoms with Crippen LogP contribution in [0.25, 0.3) is 11.5 Å². The van der Waals surface area contributed by atoms with Crippen molar-refractivity contribution in [3.8, 4) is 11.5 Å². The van der Waals surface area contributed by atoms with Crippen LogP contribution in [0.1, 0.15) is 44.5 Å². The van der Waals surface area contributed by atoms with Gasteiger partial charge in [-0.3, -0.25) is 4.90 Å². The van der Waals surface area contributed by atoms with E-state index >= 15 is 0 Å². The molecule has 1 N–H and O–H groups in total. The molecule has 1 aromatic heterocycles. The second-order valence-corrected chi connectivity index (χ2v) is 7.12. The second-order valence-electron chi connectivity index (χ2n) is 6.68. The zero-order valence-electron chi connectivity index (χ0n) is 14.2. The van der Waals surface area contributed by atoms with Gasteiger partial charge in [0.2, 0.25) is 11.8 Å². The highest BCUT2D eigenvalue weighted by atomic mass is 35.5. The van der Waals surface area contributed by atoms with Gasteiger partial charge in [0.1, 0.15) is 0 Å². The molecule has 1 fully saturated rings. The molecule has 1 aliphatic carbocycles. The van der Waals surface area contributed by atoms with Crippen LogP contribution in [0.2, 0.25) is 5.02 Å². The van der Waals surface area contributed by atoms with E-state index < -0.39 is 0 Å². The van der Waals surface area contributed by atoms with Crippen LogP contribution >= 0.6 is 11.6 Å². The van der Waals surface area contributed by atoms with Gasteiger partial charge in [-0.1, -0.05) is 30.5 Å². The number of nitrogens with zero attached hydrogens (tertiary/aromatic N) is 3. The number of hydrogen-bond acceptors (Lipinski definition) is 5. The molecule has 1 aliphatic rings. The Morgan fingerprint density at radius 3 is 2.88 bits per heavy atom. The Morgan fingerprint density at radius 1 is 1.33 bits per heavy atom. The number of aliphatic hydroxyl groups excluding tert-OH is 1. The predicted octanol–water partition coefficient (Wildman–Crippen LogP) is 3.93. The van der Waals surface area contributed by atoms with Crippen LogP contribution in [-0.4, -0.2) is 39.9 Å². The van der Waals surface area contributed by atoms with Crippen LogP contribution in [-0.2, 0) is 0 Å². The summed E-state index contributed by atoms with van der Waals surface area (Å²) in [6.45, 7) is 2.88. The van der Waals surface area contributed by atoms with Gasteiger partial charge in [0.05, 0.1) is 12.1 Å². The third kappa shape index (κ3) is 3.97. The van der Waals surface area contributed by atoms with E-state index in [1.54, 1.807) is 0 Å². The van der Waals surface area contributed by atoms with Crippen molar-refractivity contribution in [2.45, 2.75) is 44.8 Å². The number of rotatable bonds is 5. The summed E-state index contributed by atoms with van der Waals surface area (Å²) in [7, 11) is 2.04. The minimum absolute atomic E-state index is 0.000407. The van der Waals surface area contributed by atoms with Crippen molar-refractivity contribution in [3.63, 3.8) is 0 Å². The Kier molecular flexibility index (Phi) is 5.54. The molecule has 2 aromatic rings. The van der Waals surface area contributed by atoms with Crippen molar-refractivity contribution in [2.75, 3.05) is 13.6 Å². The molecule has 3 rings (SSSR count). The van der Waals surface area contributed by atoms with Gasteiger partial charge in [-0.25, -0.2) is 0 Å². The van der Waals surface area contributed by atoms with Gasteiger partial charge >= 0.3 is 0 Å². The lowest BCUT2D eigenvalue weighted by molar-refractivity contribution is 0.0422. The molecule has 130 valence electrons. The fourth-order valence-corrected chi connectivity index (χ4v) is 3.45. The molecule has 0 amide bonds. The predicted molar refractivity (Wildman–Crippen MR) is 93.8 cm³/mol. The van der Waals surface area contributed by atoms with E-state index in [1.807, 2.05) is 38.2 Å². The first kappa shape index (κ1) is 17.4. The molecule has 1 saturated carbocycles. The maximum absolute atomic E-state index is 10.2. The summed E-state index contributed by atoms with van der Waals surface area (Å²) in [5, 5.41) is 19.1. The fraction of sp³-hybridized carbons (Fsp3) is 0.556. The highest BCUT2D eigenvalue weighted by molar-refractivity contribution is 6.30. The first-order valence-corrected chi connectivity index (χ1v) is 8.90. The summed E-state index contributed by atoms with van der Waals surface area (Å²) in [6.07, 6.45) is 4.12. The molecule has 0 saturated heterocycles. The third-order valence-electron chi connectivity index (χ3n) is 4.92. The molecule has 5 nitrogen and oxygen atoms in total. The van der Waals surface area contributed by atoms with E-state index in [0.717, 1.165) is 31.4 Å². The van der Waals surface area contributed by atoms with Crippen LogP contribution in [0.5, 0.6) is 0 Å². The van der Waals surface area contributed by atoms with Gasteiger partial charge < -0.3 is 9.52 Å². The largest absolute Gasteiger partial charge is 0.419 e. The fourth-order valence-electron chi connectivity index (χ4n) is 3.26. The third-order valence-corrected chi connectivity index (χ3v) is 5.16. The summed E-state index contributed by atoms with van der Waals surface area (Å²) >= 11 is 6.01. The first-order chi connectivity index (χ1) is 11.5. The van der Waals surface area contributed by atoms with Gasteiger partial charge in [0.15, 0.2) is 0 Å². The zero-order valence-corrected chi connectivity index (χ0v) is 14.9. The molecular formula is C18H24ClN3O2. The van der Waals surface area contributed by atoms with Crippen molar-refractivity contribution >= 4 is 11.6 Å². The van der Waals surface area contributed by atoms with Crippen LogP contribution in [0, 0.1) is 5.92 Å². The van der Waals surface area contributed by atoms with E-state index in [9.17, 15) is 5.11 Å². The smallest absolute Gasteiger partial charge is 0.247 e. The molecule has 0 radical (unpaired) electrons. The maximum Gasteiger partial charge on any atom is 0.247 e. The monoisotopic (exact) mass is 349 g/mol. The Bertz CT molecular complexity index is 676. The maximum atomic E-state index is 10.2. The van der Waals surface area contributed by atoms with Crippen molar-refractivity contribution < 1.29 is 9.52 Å². The minimum atomic E-state index is -0.196. The lowest BCUT2D eigenvalue weighted by Crippen LogP contribution is -2.36. The molecular weight excluding hydrogens is 326 g/mol. The SMILES string of the molecule is CC(c1nnc(-c2cccc(Cl)c2)o1)N(C)CC1CCCCC1O. The van der Waals surface area contributed by atoms with Crippen molar-refractivity contribution in [1.29, 1.82) is 0 Å². The van der Waals surface area contributed by atoms with Crippen molar-refractivity contribution in [2.24, 2.45) is 5.92 Å². The van der Waals surface area contributed by atoms with Crippen LogP contribution in [0.15, 0.2) is 28.7 Å². The highest BCUT2D eigenvalue weighted by Crippen LogP contribution is 2.29. The lowest BCUT2D eigenvalue weighted by atomic mass is 9.86. The molecule has 3 atom stereocenters. The second kappa shape index (κ2) is 7.64. The summed E-state index contributed by atoms with van der Waals surface area (Å²) < 4.78 is 5.84. The Labute approximate surface area is 147 Å². The van der Waals surface area contributed by atoms with E-state index in [-0.39, 0.29) is 12.1 Å². The van der Waals surface area contributed by atoms with Gasteiger partial charge in [0.25, 0.3) is 0 Å². The highest BCUT2D eigenvalue weighted by Gasteiger charge is 2.27. The minimum Gasteiger partial charge on any atom is -0.419 e. The lowest BCUT2D eigenvalue weighted by Gasteiger charge is -2.32. The molecule has 0 bridgehead atoms. The van der Waals surface area contributed by atoms with E-state index in [1.165, 1.54) is 6.42 Å². The average Bonchev–Trinajstić information content (AvgIpc) is 3.06. The van der Waals surface area contributed by atoms with E-state index in [0.29, 0.717) is 22.7 Å². The van der Waals surface area contributed by atoms with Crippen LogP contribution in [0.3, 0.4) is 0 Å². The van der Waals surface area contributed by atoms with E-state index in [4.69, 9.17) is 16.0 Å². The van der Waals surface area contributed by atoms with E-state index in [2.05, 4.69) is 15.1 Å². The first-order valence-electron chi connectivity index (χ1n) is 8.52. The molecule has 1 heterocycles. The topological polar surface area (TPSA) is 62.4 Å². The number of hydrogen-bond donors (Lipinski definition) is 1. The van der Waals surface area contributed by atoms with Crippen LogP contribution in [0.4, 0.5) is 0 Å². The van der Waals surface area contributed by atoms with Crippen molar-refractivity contribution in [1.82, 2.24) is 15.1 Å². The number of halogens is 1. The van der Waals surface area contributed by atoms with Gasteiger partial charge in [-0.15, -0.1) is 10.2 Å². The molecule has 1 aromatic carbocycles. The Hall–Kier alpha value is -1.43. The molecule has 24 heavy (non-hydrogen) atoms.